The van der Waals surface area contributed by atoms with Gasteiger partial charge >= 0.3 is 0 Å². The Hall–Kier alpha value is -1.14. The van der Waals surface area contributed by atoms with Crippen LogP contribution in [-0.2, 0) is 6.54 Å². The molecule has 0 radical (unpaired) electrons. The van der Waals surface area contributed by atoms with Gasteiger partial charge in [0.1, 0.15) is 0 Å². The van der Waals surface area contributed by atoms with Crippen molar-refractivity contribution in [2.24, 2.45) is 10.9 Å². The molecule has 2 heterocycles. The van der Waals surface area contributed by atoms with Gasteiger partial charge in [0.15, 0.2) is 5.96 Å². The van der Waals surface area contributed by atoms with Gasteiger partial charge in [-0.2, -0.15) is 0 Å². The Morgan fingerprint density at radius 3 is 3.00 bits per heavy atom. The van der Waals surface area contributed by atoms with Crippen molar-refractivity contribution in [3.05, 3.63) is 16.1 Å². The number of nitrogens with one attached hydrogen (secondary N) is 1. The second-order valence-electron chi connectivity index (χ2n) is 6.36. The number of guanidine groups is 1. The molecular weight excluding hydrogens is 306 g/mol. The summed E-state index contributed by atoms with van der Waals surface area (Å²) in [6.07, 6.45) is 2.52. The van der Waals surface area contributed by atoms with Gasteiger partial charge in [0, 0.05) is 32.1 Å². The van der Waals surface area contributed by atoms with E-state index in [0.29, 0.717) is 5.92 Å². The first-order valence-corrected chi connectivity index (χ1v) is 9.63. The molecule has 0 aromatic carbocycles. The van der Waals surface area contributed by atoms with E-state index in [-0.39, 0.29) is 0 Å². The minimum absolute atomic E-state index is 0.699. The van der Waals surface area contributed by atoms with Crippen LogP contribution in [0.4, 0.5) is 0 Å². The summed E-state index contributed by atoms with van der Waals surface area (Å²) in [6.45, 7) is 12.7. The van der Waals surface area contributed by atoms with E-state index in [2.05, 4.69) is 53.3 Å². The van der Waals surface area contributed by atoms with Crippen molar-refractivity contribution in [1.29, 1.82) is 0 Å². The molecule has 1 aromatic rings. The fourth-order valence-electron chi connectivity index (χ4n) is 3.07. The van der Waals surface area contributed by atoms with Crippen LogP contribution in [-0.4, -0.2) is 60.5 Å². The van der Waals surface area contributed by atoms with Crippen molar-refractivity contribution in [3.8, 4) is 0 Å². The number of thiazole rings is 1. The summed E-state index contributed by atoms with van der Waals surface area (Å²) in [6, 6.07) is 0. The van der Waals surface area contributed by atoms with E-state index in [4.69, 9.17) is 4.99 Å². The van der Waals surface area contributed by atoms with Crippen LogP contribution in [0.2, 0.25) is 0 Å². The van der Waals surface area contributed by atoms with Crippen LogP contribution in [0.15, 0.2) is 10.4 Å². The maximum Gasteiger partial charge on any atom is 0.194 e. The predicted molar refractivity (Wildman–Crippen MR) is 99.1 cm³/mol. The van der Waals surface area contributed by atoms with Gasteiger partial charge < -0.3 is 15.1 Å². The number of hydrogen-bond donors (Lipinski definition) is 1. The van der Waals surface area contributed by atoms with E-state index in [9.17, 15) is 0 Å². The van der Waals surface area contributed by atoms with E-state index in [1.54, 1.807) is 11.3 Å². The zero-order valence-electron chi connectivity index (χ0n) is 15.0. The topological polar surface area (TPSA) is 43.8 Å². The Kier molecular flexibility index (Phi) is 7.30. The molecule has 1 N–H and O–H groups in total. The summed E-state index contributed by atoms with van der Waals surface area (Å²) in [4.78, 5) is 14.2. The third-order valence-electron chi connectivity index (χ3n) is 4.17. The summed E-state index contributed by atoms with van der Waals surface area (Å²) < 4.78 is 0. The van der Waals surface area contributed by atoms with Gasteiger partial charge in [-0.3, -0.25) is 4.99 Å². The molecule has 23 heavy (non-hydrogen) atoms. The SMILES string of the molecule is CCCN1CCC(CN=C(NCC)N(C)Cc2csc(C)n2)C1. The van der Waals surface area contributed by atoms with Crippen LogP contribution in [0.25, 0.3) is 0 Å². The number of hydrogen-bond acceptors (Lipinski definition) is 4. The largest absolute Gasteiger partial charge is 0.357 e. The van der Waals surface area contributed by atoms with Crippen molar-refractivity contribution < 1.29 is 0 Å². The molecular formula is C17H31N5S. The molecule has 0 spiro atoms. The lowest BCUT2D eigenvalue weighted by Crippen LogP contribution is -2.39. The fourth-order valence-corrected chi connectivity index (χ4v) is 3.67. The second-order valence-corrected chi connectivity index (χ2v) is 7.43. The molecule has 0 amide bonds. The third-order valence-corrected chi connectivity index (χ3v) is 4.99. The van der Waals surface area contributed by atoms with Crippen LogP contribution in [0.3, 0.4) is 0 Å². The molecule has 5 nitrogen and oxygen atoms in total. The molecule has 2 rings (SSSR count). The average Bonchev–Trinajstić information content (AvgIpc) is 3.13. The molecule has 1 aromatic heterocycles. The number of aryl methyl sites for hydroxylation is 1. The van der Waals surface area contributed by atoms with Gasteiger partial charge in [0.25, 0.3) is 0 Å². The van der Waals surface area contributed by atoms with Crippen molar-refractivity contribution in [2.45, 2.75) is 40.2 Å². The van der Waals surface area contributed by atoms with Gasteiger partial charge in [-0.15, -0.1) is 11.3 Å². The third kappa shape index (κ3) is 5.77. The van der Waals surface area contributed by atoms with Crippen LogP contribution >= 0.6 is 11.3 Å². The molecule has 1 aliphatic heterocycles. The number of rotatable bonds is 7. The van der Waals surface area contributed by atoms with Gasteiger partial charge in [-0.05, 0) is 45.7 Å². The fraction of sp³-hybridized carbons (Fsp3) is 0.765. The van der Waals surface area contributed by atoms with E-state index >= 15 is 0 Å². The van der Waals surface area contributed by atoms with Gasteiger partial charge in [-0.1, -0.05) is 6.92 Å². The molecule has 1 atom stereocenters. The highest BCUT2D eigenvalue weighted by molar-refractivity contribution is 7.09. The Bertz CT molecular complexity index is 499. The molecule has 1 saturated heterocycles. The lowest BCUT2D eigenvalue weighted by Gasteiger charge is -2.22. The lowest BCUT2D eigenvalue weighted by atomic mass is 10.1. The molecule has 1 unspecified atom stereocenters. The first-order valence-electron chi connectivity index (χ1n) is 8.75. The van der Waals surface area contributed by atoms with Gasteiger partial charge in [0.2, 0.25) is 0 Å². The van der Waals surface area contributed by atoms with E-state index in [1.165, 1.54) is 32.5 Å². The molecule has 1 fully saturated rings. The normalized spacial score (nSPS) is 19.3. The maximum atomic E-state index is 4.87. The Morgan fingerprint density at radius 1 is 1.52 bits per heavy atom. The first-order chi connectivity index (χ1) is 11.1. The minimum Gasteiger partial charge on any atom is -0.357 e. The molecule has 0 saturated carbocycles. The number of likely N-dealkylation sites (tertiary alicyclic amines) is 1. The lowest BCUT2D eigenvalue weighted by molar-refractivity contribution is 0.326. The van der Waals surface area contributed by atoms with Crippen molar-refractivity contribution in [1.82, 2.24) is 20.1 Å². The zero-order chi connectivity index (χ0) is 16.7. The highest BCUT2D eigenvalue weighted by Crippen LogP contribution is 2.17. The van der Waals surface area contributed by atoms with Crippen molar-refractivity contribution >= 4 is 17.3 Å². The maximum absolute atomic E-state index is 4.87. The van der Waals surface area contributed by atoms with Gasteiger partial charge in [-0.25, -0.2) is 4.98 Å². The average molecular weight is 338 g/mol. The van der Waals surface area contributed by atoms with Crippen molar-refractivity contribution in [3.63, 3.8) is 0 Å². The molecule has 1 aliphatic rings. The number of aliphatic imine (C=N–C) groups is 1. The summed E-state index contributed by atoms with van der Waals surface area (Å²) in [7, 11) is 2.09. The van der Waals surface area contributed by atoms with Crippen LogP contribution in [0.5, 0.6) is 0 Å². The quantitative estimate of drug-likeness (QED) is 0.613. The Morgan fingerprint density at radius 2 is 2.35 bits per heavy atom. The summed E-state index contributed by atoms with van der Waals surface area (Å²) in [5, 5.41) is 6.66. The standard InChI is InChI=1S/C17H31N5S/c1-5-8-22-9-7-15(11-22)10-19-17(18-6-2)21(4)12-16-13-23-14(3)20-16/h13,15H,5-12H2,1-4H3,(H,18,19). The zero-order valence-corrected chi connectivity index (χ0v) is 15.8. The monoisotopic (exact) mass is 337 g/mol. The molecule has 0 aliphatic carbocycles. The molecule has 130 valence electrons. The number of nitrogens with zero attached hydrogens (tertiary/aromatic N) is 4. The van der Waals surface area contributed by atoms with Crippen LogP contribution in [0, 0.1) is 12.8 Å². The Balaban J connectivity index is 1.89. The van der Waals surface area contributed by atoms with Crippen LogP contribution in [0.1, 0.15) is 37.4 Å². The minimum atomic E-state index is 0.699. The molecule has 0 bridgehead atoms. The van der Waals surface area contributed by atoms with E-state index in [0.717, 1.165) is 36.3 Å². The summed E-state index contributed by atoms with van der Waals surface area (Å²) in [5.74, 6) is 1.69. The summed E-state index contributed by atoms with van der Waals surface area (Å²) >= 11 is 1.71. The highest BCUT2D eigenvalue weighted by atomic mass is 32.1. The Labute approximate surface area is 144 Å². The smallest absolute Gasteiger partial charge is 0.194 e. The van der Waals surface area contributed by atoms with E-state index in [1.807, 2.05) is 0 Å². The predicted octanol–water partition coefficient (Wildman–Crippen LogP) is 2.58. The van der Waals surface area contributed by atoms with Gasteiger partial charge in [0.05, 0.1) is 17.2 Å². The second kappa shape index (κ2) is 9.23. The summed E-state index contributed by atoms with van der Waals surface area (Å²) in [5.41, 5.74) is 1.12. The van der Waals surface area contributed by atoms with E-state index < -0.39 is 0 Å². The highest BCUT2D eigenvalue weighted by Gasteiger charge is 2.21. The number of aromatic nitrogens is 1. The first kappa shape index (κ1) is 18.2. The van der Waals surface area contributed by atoms with Crippen LogP contribution < -0.4 is 5.32 Å². The molecule has 6 heteroatoms. The van der Waals surface area contributed by atoms with Crippen molar-refractivity contribution in [2.75, 3.05) is 39.8 Å².